The molecule has 6 nitrogen and oxygen atoms in total. The molecule has 0 atom stereocenters. The third-order valence-corrected chi connectivity index (χ3v) is 4.84. The summed E-state index contributed by atoms with van der Waals surface area (Å²) in [5.74, 6) is -0.453. The van der Waals surface area contributed by atoms with Gasteiger partial charge in [-0.2, -0.15) is 0 Å². The lowest BCUT2D eigenvalue weighted by molar-refractivity contribution is 0.0694. The van der Waals surface area contributed by atoms with Crippen LogP contribution in [0.1, 0.15) is 47.7 Å². The minimum Gasteiger partial charge on any atom is -0.493 e. The first kappa shape index (κ1) is 19.2. The third kappa shape index (κ3) is 3.76. The number of fused-ring (bicyclic) bond motifs is 3. The maximum atomic E-state index is 12.8. The van der Waals surface area contributed by atoms with Crippen molar-refractivity contribution in [3.05, 3.63) is 51.3 Å². The molecule has 0 amide bonds. The Labute approximate surface area is 158 Å². The van der Waals surface area contributed by atoms with Crippen LogP contribution in [0.25, 0.3) is 11.3 Å². The Bertz CT molecular complexity index is 914. The van der Waals surface area contributed by atoms with E-state index in [2.05, 4.69) is 0 Å². The van der Waals surface area contributed by atoms with Crippen LogP contribution < -0.4 is 10.2 Å². The maximum absolute atomic E-state index is 12.8. The van der Waals surface area contributed by atoms with Crippen molar-refractivity contribution in [2.75, 3.05) is 20.3 Å². The fraction of sp³-hybridized carbons (Fsp3) is 0.429. The van der Waals surface area contributed by atoms with Crippen molar-refractivity contribution in [3.63, 3.8) is 0 Å². The molecule has 1 N–H and O–H groups in total. The lowest BCUT2D eigenvalue weighted by Gasteiger charge is -2.27. The summed E-state index contributed by atoms with van der Waals surface area (Å²) < 4.78 is 12.7. The van der Waals surface area contributed by atoms with Crippen LogP contribution >= 0.6 is 0 Å². The van der Waals surface area contributed by atoms with Crippen molar-refractivity contribution in [1.29, 1.82) is 0 Å². The Balaban J connectivity index is 2.04. The number of aryl methyl sites for hydroxylation is 2. The van der Waals surface area contributed by atoms with Gasteiger partial charge < -0.3 is 19.1 Å². The third-order valence-electron chi connectivity index (χ3n) is 4.84. The van der Waals surface area contributed by atoms with E-state index in [0.717, 1.165) is 35.4 Å². The van der Waals surface area contributed by atoms with E-state index in [0.29, 0.717) is 25.3 Å². The van der Waals surface area contributed by atoms with Crippen LogP contribution in [0.4, 0.5) is 0 Å². The van der Waals surface area contributed by atoms with Gasteiger partial charge in [0.1, 0.15) is 11.3 Å². The van der Waals surface area contributed by atoms with Crippen LogP contribution in [-0.4, -0.2) is 36.0 Å². The van der Waals surface area contributed by atoms with Gasteiger partial charge in [-0.1, -0.05) is 13.8 Å². The zero-order valence-corrected chi connectivity index (χ0v) is 15.9. The van der Waals surface area contributed by atoms with Crippen LogP contribution in [0.2, 0.25) is 0 Å². The number of ether oxygens (including phenoxy) is 2. The predicted molar refractivity (Wildman–Crippen MR) is 103 cm³/mol. The Morgan fingerprint density at radius 3 is 2.74 bits per heavy atom. The normalized spacial score (nSPS) is 12.6. The topological polar surface area (TPSA) is 77.8 Å². The molecule has 0 unspecified atom stereocenters. The van der Waals surface area contributed by atoms with Gasteiger partial charge in [-0.05, 0) is 36.1 Å². The van der Waals surface area contributed by atoms with Crippen LogP contribution in [0.5, 0.6) is 5.75 Å². The van der Waals surface area contributed by atoms with Gasteiger partial charge in [-0.25, -0.2) is 4.79 Å². The van der Waals surface area contributed by atoms with E-state index in [4.69, 9.17) is 9.47 Å². The van der Waals surface area contributed by atoms with E-state index in [-0.39, 0.29) is 11.5 Å². The molecule has 2 heterocycles. The Morgan fingerprint density at radius 1 is 1.30 bits per heavy atom. The summed E-state index contributed by atoms with van der Waals surface area (Å²) in [6, 6.07) is 5.89. The molecule has 144 valence electrons. The highest BCUT2D eigenvalue weighted by atomic mass is 16.5. The molecule has 0 spiro atoms. The van der Waals surface area contributed by atoms with Crippen molar-refractivity contribution < 1.29 is 19.4 Å². The van der Waals surface area contributed by atoms with Crippen molar-refractivity contribution in [3.8, 4) is 17.0 Å². The number of aromatic nitrogens is 1. The van der Waals surface area contributed by atoms with Gasteiger partial charge in [0.25, 0.3) is 0 Å². The Kier molecular flexibility index (Phi) is 5.65. The smallest absolute Gasteiger partial charge is 0.341 e. The van der Waals surface area contributed by atoms with E-state index in [1.54, 1.807) is 7.11 Å². The average Bonchev–Trinajstić information content (AvgIpc) is 2.63. The molecule has 0 fully saturated rings. The molecule has 6 heteroatoms. The van der Waals surface area contributed by atoms with Crippen molar-refractivity contribution in [1.82, 2.24) is 4.57 Å². The van der Waals surface area contributed by atoms with Crippen LogP contribution in [0.3, 0.4) is 0 Å². The number of nitrogens with zero attached hydrogens (tertiary/aromatic N) is 1. The molecule has 1 aromatic heterocycles. The van der Waals surface area contributed by atoms with E-state index < -0.39 is 11.4 Å². The first-order valence-electron chi connectivity index (χ1n) is 9.19. The van der Waals surface area contributed by atoms with Crippen molar-refractivity contribution in [2.24, 2.45) is 0 Å². The number of benzene rings is 1. The second-order valence-electron chi connectivity index (χ2n) is 7.05. The minimum atomic E-state index is -1.18. The highest BCUT2D eigenvalue weighted by Gasteiger charge is 2.26. The zero-order chi connectivity index (χ0) is 19.6. The van der Waals surface area contributed by atoms with Crippen LogP contribution in [0.15, 0.2) is 29.2 Å². The van der Waals surface area contributed by atoms with E-state index in [9.17, 15) is 14.7 Å². The number of pyridine rings is 1. The molecule has 1 aliphatic heterocycles. The molecule has 0 saturated heterocycles. The number of carbonyl (C=O) groups is 1. The van der Waals surface area contributed by atoms with Crippen LogP contribution in [-0.2, 0) is 17.7 Å². The van der Waals surface area contributed by atoms with Gasteiger partial charge in [0.15, 0.2) is 5.43 Å². The Morgan fingerprint density at radius 2 is 2.07 bits per heavy atom. The van der Waals surface area contributed by atoms with Crippen LogP contribution in [0, 0.1) is 0 Å². The lowest BCUT2D eigenvalue weighted by atomic mass is 9.89. The standard InChI is InChI=1S/C21H25NO5/c1-13(2)18-19-16-6-5-15(27-10-4-9-26-3)11-14(16)7-8-22(19)12-17(20(18)23)21(24)25/h5-6,11-13H,4,7-10H2,1-3H3,(H,24,25). The van der Waals surface area contributed by atoms with E-state index >= 15 is 0 Å². The van der Waals surface area contributed by atoms with Crippen molar-refractivity contribution in [2.45, 2.75) is 39.2 Å². The monoisotopic (exact) mass is 371 g/mol. The number of methoxy groups -OCH3 is 1. The van der Waals surface area contributed by atoms with E-state index in [1.165, 1.54) is 6.20 Å². The van der Waals surface area contributed by atoms with Gasteiger partial charge in [0.05, 0.1) is 12.3 Å². The largest absolute Gasteiger partial charge is 0.493 e. The molecule has 27 heavy (non-hydrogen) atoms. The summed E-state index contributed by atoms with van der Waals surface area (Å²) in [6.07, 6.45) is 3.06. The summed E-state index contributed by atoms with van der Waals surface area (Å²) in [5.41, 5.74) is 2.92. The molecule has 0 aliphatic carbocycles. The Hall–Kier alpha value is -2.60. The van der Waals surface area contributed by atoms with Crippen molar-refractivity contribution >= 4 is 5.97 Å². The number of carboxylic acids is 1. The fourth-order valence-corrected chi connectivity index (χ4v) is 3.58. The van der Waals surface area contributed by atoms with Gasteiger partial charge in [0, 0.05) is 44.0 Å². The second kappa shape index (κ2) is 7.96. The molecule has 0 bridgehead atoms. The lowest BCUT2D eigenvalue weighted by Crippen LogP contribution is -2.27. The number of carboxylic acid groups (broad SMARTS) is 1. The second-order valence-corrected chi connectivity index (χ2v) is 7.05. The first-order valence-corrected chi connectivity index (χ1v) is 9.19. The molecule has 1 aliphatic rings. The van der Waals surface area contributed by atoms with Gasteiger partial charge in [-0.3, -0.25) is 4.79 Å². The number of hydrogen-bond acceptors (Lipinski definition) is 4. The minimum absolute atomic E-state index is 0.0750. The van der Waals surface area contributed by atoms with E-state index in [1.807, 2.05) is 36.6 Å². The molecule has 0 radical (unpaired) electrons. The average molecular weight is 371 g/mol. The molecular weight excluding hydrogens is 346 g/mol. The number of rotatable bonds is 7. The summed E-state index contributed by atoms with van der Waals surface area (Å²) >= 11 is 0. The zero-order valence-electron chi connectivity index (χ0n) is 15.9. The van der Waals surface area contributed by atoms with Gasteiger partial charge >= 0.3 is 5.97 Å². The maximum Gasteiger partial charge on any atom is 0.341 e. The first-order chi connectivity index (χ1) is 12.9. The van der Waals surface area contributed by atoms with Gasteiger partial charge in [-0.15, -0.1) is 0 Å². The number of hydrogen-bond donors (Lipinski definition) is 1. The molecule has 2 aromatic rings. The van der Waals surface area contributed by atoms with Gasteiger partial charge in [0.2, 0.25) is 0 Å². The highest BCUT2D eigenvalue weighted by molar-refractivity contribution is 5.88. The predicted octanol–water partition coefficient (Wildman–Crippen LogP) is 3.31. The molecular formula is C21H25NO5. The summed E-state index contributed by atoms with van der Waals surface area (Å²) in [6.45, 7) is 5.72. The quantitative estimate of drug-likeness (QED) is 0.756. The highest BCUT2D eigenvalue weighted by Crippen LogP contribution is 2.35. The molecule has 0 saturated carbocycles. The SMILES string of the molecule is COCCCOc1ccc2c(c1)CCn1cc(C(=O)O)c(=O)c(C(C)C)c1-2. The number of aromatic carboxylic acids is 1. The molecule has 3 rings (SSSR count). The summed E-state index contributed by atoms with van der Waals surface area (Å²) in [5, 5.41) is 9.39. The fourth-order valence-electron chi connectivity index (χ4n) is 3.58. The summed E-state index contributed by atoms with van der Waals surface area (Å²) in [4.78, 5) is 24.3. The summed E-state index contributed by atoms with van der Waals surface area (Å²) in [7, 11) is 1.67. The molecule has 1 aromatic carbocycles.